The molecular weight excluding hydrogens is 216 g/mol. The first-order valence-electron chi connectivity index (χ1n) is 5.48. The molecule has 17 heavy (non-hydrogen) atoms. The number of esters is 1. The first kappa shape index (κ1) is 13.3. The van der Waals surface area contributed by atoms with Gasteiger partial charge >= 0.3 is 5.97 Å². The maximum atomic E-state index is 10.9. The lowest BCUT2D eigenvalue weighted by molar-refractivity contribution is -0.131. The van der Waals surface area contributed by atoms with Gasteiger partial charge in [0.1, 0.15) is 11.5 Å². The van der Waals surface area contributed by atoms with Gasteiger partial charge in [-0.1, -0.05) is 6.08 Å². The van der Waals surface area contributed by atoms with Gasteiger partial charge in [-0.15, -0.1) is 6.58 Å². The van der Waals surface area contributed by atoms with Gasteiger partial charge in [0, 0.05) is 18.9 Å². The second-order valence-electron chi connectivity index (χ2n) is 3.61. The van der Waals surface area contributed by atoms with Gasteiger partial charge in [-0.05, 0) is 31.5 Å². The fraction of sp³-hybridized carbons (Fsp3) is 0.286. The van der Waals surface area contributed by atoms with Crippen LogP contribution in [0.4, 0.5) is 0 Å². The van der Waals surface area contributed by atoms with Crippen molar-refractivity contribution in [2.45, 2.75) is 19.8 Å². The van der Waals surface area contributed by atoms with Crippen LogP contribution in [0.1, 0.15) is 25.3 Å². The molecule has 1 radical (unpaired) electrons. The van der Waals surface area contributed by atoms with Crippen molar-refractivity contribution in [1.29, 1.82) is 0 Å². The highest BCUT2D eigenvalue weighted by Crippen LogP contribution is 2.28. The maximum absolute atomic E-state index is 10.9. The van der Waals surface area contributed by atoms with Crippen LogP contribution in [-0.4, -0.2) is 12.6 Å². The lowest BCUT2D eigenvalue weighted by Crippen LogP contribution is -2.03. The van der Waals surface area contributed by atoms with Crippen LogP contribution in [0.3, 0.4) is 0 Å². The van der Waals surface area contributed by atoms with Crippen LogP contribution in [0.25, 0.3) is 0 Å². The van der Waals surface area contributed by atoms with Crippen molar-refractivity contribution in [3.8, 4) is 11.5 Å². The number of allylic oxidation sites excluding steroid dienone is 1. The zero-order chi connectivity index (χ0) is 12.8. The molecule has 91 valence electrons. The van der Waals surface area contributed by atoms with Crippen LogP contribution in [0.2, 0.25) is 0 Å². The van der Waals surface area contributed by atoms with Gasteiger partial charge in [0.15, 0.2) is 0 Å². The number of carbonyl (C=O) groups excluding carboxylic acids is 1. The van der Waals surface area contributed by atoms with Crippen molar-refractivity contribution in [1.82, 2.24) is 0 Å². The number of rotatable bonds is 5. The number of carbonyl (C=O) groups is 1. The zero-order valence-electron chi connectivity index (χ0n) is 10.2. The molecule has 1 atom stereocenters. The Balaban J connectivity index is 3.08. The quantitative estimate of drug-likeness (QED) is 0.445. The minimum atomic E-state index is -0.358. The second-order valence-corrected chi connectivity index (χ2v) is 3.61. The zero-order valence-corrected chi connectivity index (χ0v) is 10.2. The van der Waals surface area contributed by atoms with E-state index in [9.17, 15) is 4.79 Å². The average molecular weight is 233 g/mol. The Bertz CT molecular complexity index is 410. The van der Waals surface area contributed by atoms with E-state index in [0.717, 1.165) is 5.56 Å². The third kappa shape index (κ3) is 3.94. The van der Waals surface area contributed by atoms with Gasteiger partial charge in [-0.25, -0.2) is 0 Å². The number of hydrogen-bond acceptors (Lipinski definition) is 3. The molecule has 1 unspecified atom stereocenters. The predicted octanol–water partition coefficient (Wildman–Crippen LogP) is 3.11. The normalized spacial score (nSPS) is 11.7. The molecule has 3 heteroatoms. The molecule has 0 spiro atoms. The van der Waals surface area contributed by atoms with Crippen molar-refractivity contribution in [3.05, 3.63) is 43.3 Å². The summed E-state index contributed by atoms with van der Waals surface area (Å²) in [5, 5.41) is 0. The fourth-order valence-electron chi connectivity index (χ4n) is 1.42. The highest BCUT2D eigenvalue weighted by molar-refractivity contribution is 5.69. The Labute approximate surface area is 102 Å². The Morgan fingerprint density at radius 2 is 2.06 bits per heavy atom. The molecule has 0 aliphatic carbocycles. The van der Waals surface area contributed by atoms with Crippen LogP contribution in [0.5, 0.6) is 11.5 Å². The van der Waals surface area contributed by atoms with Crippen molar-refractivity contribution < 1.29 is 14.3 Å². The smallest absolute Gasteiger partial charge is 0.308 e. The summed E-state index contributed by atoms with van der Waals surface area (Å²) >= 11 is 0. The van der Waals surface area contributed by atoms with Gasteiger partial charge in [0.25, 0.3) is 0 Å². The molecule has 1 rings (SSSR count). The summed E-state index contributed by atoms with van der Waals surface area (Å²) < 4.78 is 10.5. The third-order valence-corrected chi connectivity index (χ3v) is 2.19. The lowest BCUT2D eigenvalue weighted by Gasteiger charge is -2.12. The summed E-state index contributed by atoms with van der Waals surface area (Å²) in [4.78, 5) is 10.9. The summed E-state index contributed by atoms with van der Waals surface area (Å²) in [7, 11) is 0. The van der Waals surface area contributed by atoms with Crippen LogP contribution in [-0.2, 0) is 4.79 Å². The number of benzene rings is 1. The molecule has 0 heterocycles. The standard InChI is InChI=1S/C14H17O3/c1-5-10(3)12-7-13(16-6-2)9-14(8-12)17-11(4)15/h5,7-10H,1,3,6H2,2,4H3. The average Bonchev–Trinajstić information content (AvgIpc) is 2.27. The summed E-state index contributed by atoms with van der Waals surface area (Å²) in [6.45, 7) is 11.4. The molecule has 0 amide bonds. The molecular formula is C14H17O3. The Kier molecular flexibility index (Phi) is 4.76. The largest absolute Gasteiger partial charge is 0.494 e. The van der Waals surface area contributed by atoms with Gasteiger partial charge < -0.3 is 9.47 Å². The molecule has 0 bridgehead atoms. The molecule has 0 fully saturated rings. The predicted molar refractivity (Wildman–Crippen MR) is 67.2 cm³/mol. The van der Waals surface area contributed by atoms with Crippen LogP contribution in [0, 0.1) is 6.92 Å². The number of ether oxygens (including phenoxy) is 2. The Hall–Kier alpha value is -1.77. The summed E-state index contributed by atoms with van der Waals surface area (Å²) in [6.07, 6.45) is 1.72. The van der Waals surface area contributed by atoms with E-state index in [1.807, 2.05) is 13.0 Å². The molecule has 0 aliphatic rings. The highest BCUT2D eigenvalue weighted by Gasteiger charge is 2.08. The summed E-state index contributed by atoms with van der Waals surface area (Å²) in [6, 6.07) is 5.32. The molecule has 1 aromatic rings. The monoisotopic (exact) mass is 233 g/mol. The maximum Gasteiger partial charge on any atom is 0.308 e. The van der Waals surface area contributed by atoms with Crippen LogP contribution >= 0.6 is 0 Å². The highest BCUT2D eigenvalue weighted by atomic mass is 16.5. The van der Waals surface area contributed by atoms with Gasteiger partial charge in [0.05, 0.1) is 6.61 Å². The van der Waals surface area contributed by atoms with Crippen molar-refractivity contribution >= 4 is 5.97 Å². The fourth-order valence-corrected chi connectivity index (χ4v) is 1.42. The minimum Gasteiger partial charge on any atom is -0.494 e. The Morgan fingerprint density at radius 1 is 1.41 bits per heavy atom. The van der Waals surface area contributed by atoms with Gasteiger partial charge in [0.2, 0.25) is 0 Å². The first-order valence-corrected chi connectivity index (χ1v) is 5.48. The van der Waals surface area contributed by atoms with E-state index < -0.39 is 0 Å². The SMILES string of the molecule is [CH2]C(C=C)c1cc(OCC)cc(OC(C)=O)c1. The first-order chi connectivity index (χ1) is 8.06. The third-order valence-electron chi connectivity index (χ3n) is 2.19. The molecule has 0 saturated heterocycles. The summed E-state index contributed by atoms with van der Waals surface area (Å²) in [5.41, 5.74) is 0.905. The van der Waals surface area contributed by atoms with Gasteiger partial charge in [-0.2, -0.15) is 0 Å². The van der Waals surface area contributed by atoms with Gasteiger partial charge in [-0.3, -0.25) is 4.79 Å². The van der Waals surface area contributed by atoms with E-state index >= 15 is 0 Å². The molecule has 1 aromatic carbocycles. The topological polar surface area (TPSA) is 35.5 Å². The summed E-state index contributed by atoms with van der Waals surface area (Å²) in [5.74, 6) is 0.708. The van der Waals surface area contributed by atoms with Crippen molar-refractivity contribution in [2.24, 2.45) is 0 Å². The van der Waals surface area contributed by atoms with E-state index in [2.05, 4.69) is 13.5 Å². The molecule has 0 saturated carbocycles. The van der Waals surface area contributed by atoms with Crippen LogP contribution in [0.15, 0.2) is 30.9 Å². The van der Waals surface area contributed by atoms with E-state index in [0.29, 0.717) is 18.1 Å². The number of hydrogen-bond donors (Lipinski definition) is 0. The van der Waals surface area contributed by atoms with E-state index in [-0.39, 0.29) is 11.9 Å². The van der Waals surface area contributed by atoms with Crippen molar-refractivity contribution in [2.75, 3.05) is 6.61 Å². The lowest BCUT2D eigenvalue weighted by atomic mass is 10.0. The van der Waals surface area contributed by atoms with E-state index in [1.165, 1.54) is 6.92 Å². The van der Waals surface area contributed by atoms with Crippen molar-refractivity contribution in [3.63, 3.8) is 0 Å². The van der Waals surface area contributed by atoms with Crippen LogP contribution < -0.4 is 9.47 Å². The minimum absolute atomic E-state index is 0.0651. The van der Waals surface area contributed by atoms with E-state index in [4.69, 9.17) is 9.47 Å². The van der Waals surface area contributed by atoms with E-state index in [1.54, 1.807) is 18.2 Å². The second kappa shape index (κ2) is 6.09. The molecule has 3 nitrogen and oxygen atoms in total. The molecule has 0 aromatic heterocycles. The molecule has 0 aliphatic heterocycles. The Morgan fingerprint density at radius 3 is 2.59 bits per heavy atom. The molecule has 0 N–H and O–H groups in total.